The zero-order valence-electron chi connectivity index (χ0n) is 12.3. The first-order valence-corrected chi connectivity index (χ1v) is 8.49. The van der Waals surface area contributed by atoms with Gasteiger partial charge in [0.25, 0.3) is 0 Å². The Hall–Kier alpha value is -0.790. The SMILES string of the molecule is CC(C)(C)c1ccc(C(Cl)C2(c3ccccc3)CC2)s1. The summed E-state index contributed by atoms with van der Waals surface area (Å²) in [4.78, 5) is 2.74. The lowest BCUT2D eigenvalue weighted by Gasteiger charge is -2.21. The molecule has 1 aromatic heterocycles. The van der Waals surface area contributed by atoms with Crippen molar-refractivity contribution in [1.82, 2.24) is 0 Å². The van der Waals surface area contributed by atoms with E-state index in [1.165, 1.54) is 28.2 Å². The minimum Gasteiger partial charge on any atom is -0.143 e. The molecule has 1 atom stereocenters. The lowest BCUT2D eigenvalue weighted by molar-refractivity contribution is 0.604. The summed E-state index contributed by atoms with van der Waals surface area (Å²) in [5.74, 6) is 0. The van der Waals surface area contributed by atoms with Crippen LogP contribution in [0.3, 0.4) is 0 Å². The number of alkyl halides is 1. The fourth-order valence-electron chi connectivity index (χ4n) is 2.76. The van der Waals surface area contributed by atoms with E-state index in [0.717, 1.165) is 0 Å². The van der Waals surface area contributed by atoms with Crippen molar-refractivity contribution in [1.29, 1.82) is 0 Å². The monoisotopic (exact) mass is 304 g/mol. The lowest BCUT2D eigenvalue weighted by Crippen LogP contribution is -2.13. The molecule has 3 rings (SSSR count). The van der Waals surface area contributed by atoms with E-state index in [2.05, 4.69) is 63.2 Å². The van der Waals surface area contributed by atoms with Crippen LogP contribution in [0.1, 0.15) is 54.3 Å². The van der Waals surface area contributed by atoms with Crippen LogP contribution in [-0.2, 0) is 10.8 Å². The third-order valence-electron chi connectivity index (χ3n) is 4.24. The van der Waals surface area contributed by atoms with E-state index in [-0.39, 0.29) is 16.2 Å². The molecule has 1 unspecified atom stereocenters. The average Bonchev–Trinajstić information content (AvgIpc) is 3.07. The van der Waals surface area contributed by atoms with E-state index in [0.29, 0.717) is 0 Å². The van der Waals surface area contributed by atoms with E-state index in [1.807, 2.05) is 11.3 Å². The van der Waals surface area contributed by atoms with Crippen LogP contribution in [0, 0.1) is 0 Å². The summed E-state index contributed by atoms with van der Waals surface area (Å²) in [7, 11) is 0. The Morgan fingerprint density at radius 1 is 1.05 bits per heavy atom. The van der Waals surface area contributed by atoms with E-state index in [9.17, 15) is 0 Å². The summed E-state index contributed by atoms with van der Waals surface area (Å²) < 4.78 is 0. The van der Waals surface area contributed by atoms with Crippen LogP contribution in [0.2, 0.25) is 0 Å². The maximum Gasteiger partial charge on any atom is 0.0775 e. The summed E-state index contributed by atoms with van der Waals surface area (Å²) in [6, 6.07) is 15.2. The highest BCUT2D eigenvalue weighted by Gasteiger charge is 2.51. The van der Waals surface area contributed by atoms with Crippen LogP contribution in [0.15, 0.2) is 42.5 Å². The molecule has 0 radical (unpaired) electrons. The predicted molar refractivity (Wildman–Crippen MR) is 89.0 cm³/mol. The molecule has 106 valence electrons. The molecule has 1 aliphatic rings. The van der Waals surface area contributed by atoms with Gasteiger partial charge < -0.3 is 0 Å². The lowest BCUT2D eigenvalue weighted by atomic mass is 9.91. The van der Waals surface area contributed by atoms with Crippen LogP contribution < -0.4 is 0 Å². The number of hydrogen-bond acceptors (Lipinski definition) is 1. The van der Waals surface area contributed by atoms with Gasteiger partial charge in [-0.15, -0.1) is 22.9 Å². The minimum absolute atomic E-state index is 0.103. The average molecular weight is 305 g/mol. The molecule has 1 fully saturated rings. The van der Waals surface area contributed by atoms with Gasteiger partial charge in [-0.1, -0.05) is 51.1 Å². The van der Waals surface area contributed by atoms with Gasteiger partial charge in [0, 0.05) is 15.2 Å². The number of thiophene rings is 1. The first kappa shape index (κ1) is 14.2. The van der Waals surface area contributed by atoms with Crippen molar-refractivity contribution in [2.24, 2.45) is 0 Å². The third kappa shape index (κ3) is 2.42. The Kier molecular flexibility index (Phi) is 3.46. The first-order valence-electron chi connectivity index (χ1n) is 7.23. The van der Waals surface area contributed by atoms with Crippen molar-refractivity contribution >= 4 is 22.9 Å². The van der Waals surface area contributed by atoms with Crippen LogP contribution in [0.5, 0.6) is 0 Å². The molecule has 0 N–H and O–H groups in total. The topological polar surface area (TPSA) is 0 Å². The van der Waals surface area contributed by atoms with Crippen molar-refractivity contribution in [2.75, 3.05) is 0 Å². The third-order valence-corrected chi connectivity index (χ3v) is 6.60. The van der Waals surface area contributed by atoms with E-state index in [1.54, 1.807) is 0 Å². The van der Waals surface area contributed by atoms with Gasteiger partial charge in [-0.05, 0) is 36.0 Å². The van der Waals surface area contributed by atoms with Gasteiger partial charge in [0.05, 0.1) is 5.38 Å². The molecule has 1 aliphatic carbocycles. The molecule has 20 heavy (non-hydrogen) atoms. The quantitative estimate of drug-likeness (QED) is 0.605. The second-order valence-electron chi connectivity index (χ2n) is 6.84. The van der Waals surface area contributed by atoms with Crippen molar-refractivity contribution in [3.05, 3.63) is 57.8 Å². The molecular weight excluding hydrogens is 284 g/mol. The second-order valence-corrected chi connectivity index (χ2v) is 8.39. The molecule has 0 nitrogen and oxygen atoms in total. The Bertz CT molecular complexity index is 587. The number of benzene rings is 1. The summed E-state index contributed by atoms with van der Waals surface area (Å²) >= 11 is 8.75. The Morgan fingerprint density at radius 2 is 1.70 bits per heavy atom. The highest BCUT2D eigenvalue weighted by Crippen LogP contribution is 2.60. The highest BCUT2D eigenvalue weighted by atomic mass is 35.5. The van der Waals surface area contributed by atoms with Crippen LogP contribution >= 0.6 is 22.9 Å². The molecule has 2 aromatic rings. The molecule has 0 aliphatic heterocycles. The van der Waals surface area contributed by atoms with Gasteiger partial charge in [-0.25, -0.2) is 0 Å². The Morgan fingerprint density at radius 3 is 2.20 bits per heavy atom. The summed E-state index contributed by atoms with van der Waals surface area (Å²) in [5, 5.41) is 0.103. The highest BCUT2D eigenvalue weighted by molar-refractivity contribution is 7.12. The van der Waals surface area contributed by atoms with Crippen molar-refractivity contribution in [3.8, 4) is 0 Å². The molecule has 0 amide bonds. The minimum atomic E-state index is 0.103. The van der Waals surface area contributed by atoms with E-state index < -0.39 is 0 Å². The molecule has 1 saturated carbocycles. The Labute approximate surface area is 130 Å². The van der Waals surface area contributed by atoms with Crippen molar-refractivity contribution in [3.63, 3.8) is 0 Å². The van der Waals surface area contributed by atoms with Gasteiger partial charge in [-0.2, -0.15) is 0 Å². The predicted octanol–water partition coefficient (Wildman–Crippen LogP) is 6.06. The number of halogens is 1. The largest absolute Gasteiger partial charge is 0.143 e. The van der Waals surface area contributed by atoms with Crippen molar-refractivity contribution < 1.29 is 0 Å². The molecule has 0 spiro atoms. The number of hydrogen-bond donors (Lipinski definition) is 0. The van der Waals surface area contributed by atoms with E-state index >= 15 is 0 Å². The summed E-state index contributed by atoms with van der Waals surface area (Å²) in [6.07, 6.45) is 2.40. The van der Waals surface area contributed by atoms with Gasteiger partial charge in [0.2, 0.25) is 0 Å². The molecule has 1 aromatic carbocycles. The number of rotatable bonds is 3. The maximum atomic E-state index is 6.87. The maximum absolute atomic E-state index is 6.87. The zero-order chi connectivity index (χ0) is 14.4. The Balaban J connectivity index is 1.90. The molecule has 0 saturated heterocycles. The standard InChI is InChI=1S/C18H21ClS/c1-17(2,3)15-10-9-14(20-15)16(19)18(11-12-18)13-7-5-4-6-8-13/h4-10,16H,11-12H2,1-3H3. The van der Waals surface area contributed by atoms with Gasteiger partial charge in [0.15, 0.2) is 0 Å². The van der Waals surface area contributed by atoms with Crippen LogP contribution in [0.25, 0.3) is 0 Å². The van der Waals surface area contributed by atoms with Crippen LogP contribution in [0.4, 0.5) is 0 Å². The van der Waals surface area contributed by atoms with Gasteiger partial charge >= 0.3 is 0 Å². The first-order chi connectivity index (χ1) is 9.43. The second kappa shape index (κ2) is 4.89. The smallest absolute Gasteiger partial charge is 0.0775 e. The van der Waals surface area contributed by atoms with Gasteiger partial charge in [0.1, 0.15) is 0 Å². The summed E-state index contributed by atoms with van der Waals surface area (Å²) in [5.41, 5.74) is 1.77. The molecule has 0 bridgehead atoms. The fourth-order valence-corrected chi connectivity index (χ4v) is 4.47. The van der Waals surface area contributed by atoms with E-state index in [4.69, 9.17) is 11.6 Å². The molecule has 1 heterocycles. The molecular formula is C18H21ClS. The van der Waals surface area contributed by atoms with Crippen LogP contribution in [-0.4, -0.2) is 0 Å². The van der Waals surface area contributed by atoms with Gasteiger partial charge in [-0.3, -0.25) is 0 Å². The molecule has 2 heteroatoms. The zero-order valence-corrected chi connectivity index (χ0v) is 13.9. The van der Waals surface area contributed by atoms with Crippen molar-refractivity contribution in [2.45, 2.75) is 49.8 Å². The summed E-state index contributed by atoms with van der Waals surface area (Å²) in [6.45, 7) is 6.78. The normalized spacial score (nSPS) is 18.8. The fraction of sp³-hybridized carbons (Fsp3) is 0.444.